The molecule has 0 aromatic heterocycles. The Morgan fingerprint density at radius 3 is 2.57 bits per heavy atom. The number of para-hydroxylation sites is 2. The number of nitrogens with one attached hydrogen (secondary N) is 2. The summed E-state index contributed by atoms with van der Waals surface area (Å²) in [5.41, 5.74) is 0.802. The van der Waals surface area contributed by atoms with Crippen molar-refractivity contribution < 1.29 is 19.1 Å². The first-order valence-electron chi connectivity index (χ1n) is 5.86. The van der Waals surface area contributed by atoms with Crippen molar-refractivity contribution in [3.05, 3.63) is 48.5 Å². The highest BCUT2D eigenvalue weighted by molar-refractivity contribution is 7.92. The maximum Gasteiger partial charge on any atom is 0.323 e. The zero-order chi connectivity index (χ0) is 15.1. The van der Waals surface area contributed by atoms with Crippen LogP contribution in [0, 0.1) is 0 Å². The first-order valence-corrected chi connectivity index (χ1v) is 6.66. The van der Waals surface area contributed by atoms with Crippen LogP contribution in [0.2, 0.25) is 0 Å². The van der Waals surface area contributed by atoms with Crippen molar-refractivity contribution in [1.82, 2.24) is 0 Å². The molecule has 0 saturated carbocycles. The van der Waals surface area contributed by atoms with E-state index in [1.165, 1.54) is 12.1 Å². The second kappa shape index (κ2) is 7.39. The Morgan fingerprint density at radius 1 is 1.10 bits per heavy atom. The van der Waals surface area contributed by atoms with Crippen LogP contribution in [0.1, 0.15) is 0 Å². The third-order valence-corrected chi connectivity index (χ3v) is 2.59. The molecule has 5 N–H and O–H groups in total. The summed E-state index contributed by atoms with van der Waals surface area (Å²) in [7, 11) is 0. The van der Waals surface area contributed by atoms with Crippen LogP contribution in [0.4, 0.5) is 16.2 Å². The second-order valence-corrected chi connectivity index (χ2v) is 4.17. The fraction of sp³-hybridized carbons (Fsp3) is 0. The van der Waals surface area contributed by atoms with E-state index in [1.54, 1.807) is 30.3 Å². The fourth-order valence-corrected chi connectivity index (χ4v) is 1.67. The van der Waals surface area contributed by atoms with Gasteiger partial charge >= 0.3 is 6.03 Å². The number of phenolic OH excluding ortho intramolecular Hbond substituents is 1. The number of carbonyl (C=O) groups excluding carboxylic acids is 1. The van der Waals surface area contributed by atoms with Gasteiger partial charge in [0.1, 0.15) is 12.2 Å². The molecule has 0 saturated heterocycles. The van der Waals surface area contributed by atoms with E-state index in [1.807, 2.05) is 6.07 Å². The molecule has 8 heteroatoms. The number of benzene rings is 2. The molecule has 2 rings (SSSR count). The van der Waals surface area contributed by atoms with Gasteiger partial charge < -0.3 is 20.6 Å². The van der Waals surface area contributed by atoms with Crippen LogP contribution in [-0.2, 0) is 4.33 Å². The minimum Gasteiger partial charge on any atom is -0.503 e. The van der Waals surface area contributed by atoms with E-state index in [4.69, 9.17) is 10.0 Å². The first-order chi connectivity index (χ1) is 10.2. The van der Waals surface area contributed by atoms with Crippen molar-refractivity contribution in [2.45, 2.75) is 0 Å². The number of carbonyl (C=O) groups is 1. The molecule has 0 radical (unpaired) electrons. The summed E-state index contributed by atoms with van der Waals surface area (Å²) >= 11 is 0.494. The minimum absolute atomic E-state index is 0.0328. The Morgan fingerprint density at radius 2 is 1.86 bits per heavy atom. The second-order valence-electron chi connectivity index (χ2n) is 3.85. The predicted octanol–water partition coefficient (Wildman–Crippen LogP) is 2.87. The quantitative estimate of drug-likeness (QED) is 0.222. The molecule has 0 bridgehead atoms. The molecule has 0 unspecified atom stereocenters. The molecule has 2 amide bonds. The van der Waals surface area contributed by atoms with Crippen LogP contribution >= 0.6 is 12.2 Å². The highest BCUT2D eigenvalue weighted by atomic mass is 32.2. The maximum absolute atomic E-state index is 11.8. The van der Waals surface area contributed by atoms with Crippen molar-refractivity contribution in [2.75, 3.05) is 10.6 Å². The van der Waals surface area contributed by atoms with Crippen LogP contribution in [0.15, 0.2) is 48.5 Å². The summed E-state index contributed by atoms with van der Waals surface area (Å²) in [6, 6.07) is 13.0. The minimum atomic E-state index is -0.497. The number of phenols is 1. The van der Waals surface area contributed by atoms with Gasteiger partial charge in [0.15, 0.2) is 5.75 Å². The summed E-state index contributed by atoms with van der Waals surface area (Å²) in [4.78, 5) is 16.6. The Bertz CT molecular complexity index is 610. The molecular weight excluding hydrogens is 294 g/mol. The number of hydrogen-bond acceptors (Lipinski definition) is 6. The zero-order valence-corrected chi connectivity index (χ0v) is 11.6. The normalized spacial score (nSPS) is 9.95. The lowest BCUT2D eigenvalue weighted by Gasteiger charge is -2.11. The molecule has 7 nitrogen and oxygen atoms in total. The third kappa shape index (κ3) is 4.28. The average molecular weight is 307 g/mol. The molecule has 0 spiro atoms. The van der Waals surface area contributed by atoms with E-state index in [-0.39, 0.29) is 17.2 Å². The van der Waals surface area contributed by atoms with E-state index in [0.29, 0.717) is 17.9 Å². The van der Waals surface area contributed by atoms with E-state index in [9.17, 15) is 9.90 Å². The Labute approximate surface area is 125 Å². The van der Waals surface area contributed by atoms with Crippen molar-refractivity contribution >= 4 is 29.6 Å². The number of urea groups is 1. The van der Waals surface area contributed by atoms with Gasteiger partial charge in [-0.2, -0.15) is 0 Å². The van der Waals surface area contributed by atoms with E-state index in [2.05, 4.69) is 15.0 Å². The molecule has 0 atom stereocenters. The lowest BCUT2D eigenvalue weighted by molar-refractivity contribution is -0.0795. The van der Waals surface area contributed by atoms with Gasteiger partial charge in [0, 0.05) is 5.69 Å². The molecule has 21 heavy (non-hydrogen) atoms. The molecule has 0 aliphatic carbocycles. The summed E-state index contributed by atoms with van der Waals surface area (Å²) in [6.07, 6.45) is 0. The molecule has 2 aromatic carbocycles. The molecule has 0 fully saturated rings. The number of anilines is 2. The van der Waals surface area contributed by atoms with E-state index in [0.717, 1.165) is 0 Å². The number of amides is 2. The van der Waals surface area contributed by atoms with Crippen LogP contribution in [0.3, 0.4) is 0 Å². The topological polar surface area (TPSA) is 106 Å². The van der Waals surface area contributed by atoms with Gasteiger partial charge in [0.05, 0.1) is 5.69 Å². The lowest BCUT2D eigenvalue weighted by atomic mass is 10.2. The molecular formula is C13H13N3O4S. The van der Waals surface area contributed by atoms with Crippen LogP contribution in [0.25, 0.3) is 0 Å². The molecule has 0 aliphatic heterocycles. The lowest BCUT2D eigenvalue weighted by Crippen LogP contribution is -2.19. The smallest absolute Gasteiger partial charge is 0.323 e. The third-order valence-electron chi connectivity index (χ3n) is 2.44. The monoisotopic (exact) mass is 307 g/mol. The van der Waals surface area contributed by atoms with E-state index >= 15 is 0 Å². The van der Waals surface area contributed by atoms with Crippen molar-refractivity contribution in [3.63, 3.8) is 0 Å². The molecule has 0 heterocycles. The van der Waals surface area contributed by atoms with Gasteiger partial charge in [0.25, 0.3) is 0 Å². The van der Waals surface area contributed by atoms with Gasteiger partial charge in [-0.25, -0.2) is 4.79 Å². The van der Waals surface area contributed by atoms with Gasteiger partial charge in [-0.15, -0.1) is 0 Å². The first kappa shape index (κ1) is 15.0. The SMILES string of the molecule is NSOOc1cccc(NC(=O)Nc2ccccc2)c1O. The highest BCUT2D eigenvalue weighted by Gasteiger charge is 2.12. The zero-order valence-electron chi connectivity index (χ0n) is 10.8. The summed E-state index contributed by atoms with van der Waals surface area (Å²) in [5.74, 6) is -0.236. The summed E-state index contributed by atoms with van der Waals surface area (Å²) in [6.45, 7) is 0. The average Bonchev–Trinajstić information content (AvgIpc) is 2.49. The molecule has 0 aliphatic rings. The largest absolute Gasteiger partial charge is 0.503 e. The highest BCUT2D eigenvalue weighted by Crippen LogP contribution is 2.34. The summed E-state index contributed by atoms with van der Waals surface area (Å²) < 4.78 is 4.46. The standard InChI is InChI=1S/C13H13N3O4S/c14-21-20-19-11-8-4-7-10(12(11)17)16-13(18)15-9-5-2-1-3-6-9/h1-8,17H,14H2,(H2,15,16,18). The molecule has 2 aromatic rings. The van der Waals surface area contributed by atoms with Gasteiger partial charge in [-0.05, 0) is 24.3 Å². The van der Waals surface area contributed by atoms with Crippen LogP contribution in [-0.4, -0.2) is 11.1 Å². The van der Waals surface area contributed by atoms with Crippen molar-refractivity contribution in [2.24, 2.45) is 5.14 Å². The maximum atomic E-state index is 11.8. The Hall–Kier alpha value is -2.42. The van der Waals surface area contributed by atoms with Crippen LogP contribution in [0.5, 0.6) is 11.5 Å². The fourth-order valence-electron chi connectivity index (χ4n) is 1.55. The number of aromatic hydroxyl groups is 1. The van der Waals surface area contributed by atoms with Crippen LogP contribution < -0.4 is 20.7 Å². The van der Waals surface area contributed by atoms with Crippen molar-refractivity contribution in [3.8, 4) is 11.5 Å². The van der Waals surface area contributed by atoms with Gasteiger partial charge in [-0.3, -0.25) is 5.14 Å². The van der Waals surface area contributed by atoms with Crippen molar-refractivity contribution in [1.29, 1.82) is 0 Å². The predicted molar refractivity (Wildman–Crippen MR) is 80.7 cm³/mol. The number of rotatable bonds is 5. The number of hydrogen-bond donors (Lipinski definition) is 4. The Balaban J connectivity index is 2.03. The van der Waals surface area contributed by atoms with Gasteiger partial charge in [0.2, 0.25) is 5.75 Å². The van der Waals surface area contributed by atoms with Gasteiger partial charge in [-0.1, -0.05) is 28.6 Å². The summed E-state index contributed by atoms with van der Waals surface area (Å²) in [5, 5.41) is 20.1. The number of nitrogens with two attached hydrogens (primary N) is 1. The molecule has 110 valence electrons. The van der Waals surface area contributed by atoms with E-state index < -0.39 is 6.03 Å². The Kier molecular flexibility index (Phi) is 5.27.